The maximum atomic E-state index is 5.93. The molecule has 0 saturated heterocycles. The van der Waals surface area contributed by atoms with Crippen molar-refractivity contribution in [1.82, 2.24) is 4.90 Å². The molecule has 0 aromatic carbocycles. The lowest BCUT2D eigenvalue weighted by molar-refractivity contribution is 0.383. The Hall–Kier alpha value is -1.03. The van der Waals surface area contributed by atoms with E-state index in [1.165, 1.54) is 4.88 Å². The molecule has 0 aliphatic heterocycles. The summed E-state index contributed by atoms with van der Waals surface area (Å²) in [4.78, 5) is 7.78. The number of likely N-dealkylation sites (N-methyl/N-ethyl adjacent to an activating group) is 1. The number of rotatable bonds is 4. The first-order valence-corrected chi connectivity index (χ1v) is 6.47. The second-order valence-electron chi connectivity index (χ2n) is 4.32. The fourth-order valence-electron chi connectivity index (χ4n) is 1.44. The van der Waals surface area contributed by atoms with Gasteiger partial charge in [-0.1, -0.05) is 6.07 Å². The molecular weight excluding hydrogens is 218 g/mol. The third-order valence-electron chi connectivity index (χ3n) is 2.49. The number of guanidine groups is 1. The van der Waals surface area contributed by atoms with Gasteiger partial charge in [-0.05, 0) is 32.2 Å². The zero-order valence-electron chi connectivity index (χ0n) is 10.5. The van der Waals surface area contributed by atoms with E-state index in [0.717, 1.165) is 6.42 Å². The summed E-state index contributed by atoms with van der Waals surface area (Å²) in [6.07, 6.45) is 1.02. The second kappa shape index (κ2) is 5.89. The van der Waals surface area contributed by atoms with Crippen LogP contribution in [0.25, 0.3) is 0 Å². The highest BCUT2D eigenvalue weighted by atomic mass is 32.1. The lowest BCUT2D eigenvalue weighted by atomic mass is 10.2. The minimum atomic E-state index is 0.247. The lowest BCUT2D eigenvalue weighted by Crippen LogP contribution is -2.41. The number of hydrogen-bond donors (Lipinski definition) is 1. The zero-order chi connectivity index (χ0) is 12.1. The van der Waals surface area contributed by atoms with E-state index in [1.807, 2.05) is 25.8 Å². The minimum Gasteiger partial charge on any atom is -0.370 e. The fraction of sp³-hybridized carbons (Fsp3) is 0.583. The van der Waals surface area contributed by atoms with Crippen LogP contribution in [0.1, 0.15) is 25.6 Å². The Morgan fingerprint density at radius 1 is 1.50 bits per heavy atom. The molecular formula is C12H21N3S. The molecule has 0 amide bonds. The van der Waals surface area contributed by atoms with E-state index in [-0.39, 0.29) is 6.04 Å². The van der Waals surface area contributed by atoms with E-state index < -0.39 is 0 Å². The second-order valence-corrected chi connectivity index (χ2v) is 5.36. The van der Waals surface area contributed by atoms with Crippen molar-refractivity contribution in [2.75, 3.05) is 7.05 Å². The largest absolute Gasteiger partial charge is 0.370 e. The van der Waals surface area contributed by atoms with Gasteiger partial charge in [0.25, 0.3) is 0 Å². The highest BCUT2D eigenvalue weighted by Gasteiger charge is 2.12. The topological polar surface area (TPSA) is 41.6 Å². The summed E-state index contributed by atoms with van der Waals surface area (Å²) in [5.41, 5.74) is 5.93. The summed E-state index contributed by atoms with van der Waals surface area (Å²) in [5, 5.41) is 2.10. The van der Waals surface area contributed by atoms with Gasteiger partial charge in [-0.3, -0.25) is 4.99 Å². The molecule has 0 radical (unpaired) electrons. The van der Waals surface area contributed by atoms with Gasteiger partial charge in [-0.15, -0.1) is 11.3 Å². The molecule has 0 fully saturated rings. The Bertz CT molecular complexity index is 330. The van der Waals surface area contributed by atoms with Gasteiger partial charge in [0.15, 0.2) is 5.96 Å². The Balaban J connectivity index is 2.57. The molecule has 1 atom stereocenters. The van der Waals surface area contributed by atoms with Gasteiger partial charge in [0.2, 0.25) is 0 Å². The Kier molecular flexibility index (Phi) is 4.80. The van der Waals surface area contributed by atoms with Gasteiger partial charge in [-0.2, -0.15) is 0 Å². The summed E-state index contributed by atoms with van der Waals surface area (Å²) in [5.74, 6) is 0.624. The predicted octanol–water partition coefficient (Wildman–Crippen LogP) is 2.33. The van der Waals surface area contributed by atoms with Gasteiger partial charge in [0.1, 0.15) is 0 Å². The highest BCUT2D eigenvalue weighted by Crippen LogP contribution is 2.13. The molecule has 1 aromatic heterocycles. The molecule has 1 heterocycles. The minimum absolute atomic E-state index is 0.247. The van der Waals surface area contributed by atoms with Crippen molar-refractivity contribution < 1.29 is 0 Å². The highest BCUT2D eigenvalue weighted by molar-refractivity contribution is 7.09. The van der Waals surface area contributed by atoms with E-state index in [9.17, 15) is 0 Å². The summed E-state index contributed by atoms with van der Waals surface area (Å²) in [7, 11) is 2.00. The SMILES string of the molecule is CC(C)N=C(N)N(C)C(C)Cc1cccs1. The molecule has 0 spiro atoms. The Morgan fingerprint density at radius 3 is 2.69 bits per heavy atom. The molecule has 1 unspecified atom stereocenters. The van der Waals surface area contributed by atoms with Crippen LogP contribution in [-0.4, -0.2) is 30.0 Å². The summed E-state index contributed by atoms with van der Waals surface area (Å²) in [6, 6.07) is 4.86. The quantitative estimate of drug-likeness (QED) is 0.647. The first-order chi connectivity index (χ1) is 7.50. The van der Waals surface area contributed by atoms with Crippen molar-refractivity contribution in [2.45, 2.75) is 39.3 Å². The molecule has 1 aromatic rings. The maximum Gasteiger partial charge on any atom is 0.191 e. The molecule has 4 heteroatoms. The van der Waals surface area contributed by atoms with Gasteiger partial charge >= 0.3 is 0 Å². The average molecular weight is 239 g/mol. The number of aliphatic imine (C=N–C) groups is 1. The van der Waals surface area contributed by atoms with Crippen LogP contribution in [-0.2, 0) is 6.42 Å². The standard InChI is InChI=1S/C12H21N3S/c1-9(2)14-12(13)15(4)10(3)8-11-6-5-7-16-11/h5-7,9-10H,8H2,1-4H3,(H2,13,14). The first kappa shape index (κ1) is 13.0. The third-order valence-corrected chi connectivity index (χ3v) is 3.39. The van der Waals surface area contributed by atoms with Crippen LogP contribution in [0.3, 0.4) is 0 Å². The molecule has 1 rings (SSSR count). The molecule has 0 bridgehead atoms. The number of hydrogen-bond acceptors (Lipinski definition) is 2. The van der Waals surface area contributed by atoms with E-state index in [4.69, 9.17) is 5.73 Å². The summed E-state index contributed by atoms with van der Waals surface area (Å²) >= 11 is 1.79. The molecule has 3 nitrogen and oxygen atoms in total. The molecule has 0 saturated carbocycles. The molecule has 16 heavy (non-hydrogen) atoms. The van der Waals surface area contributed by atoms with Gasteiger partial charge < -0.3 is 10.6 Å². The van der Waals surface area contributed by atoms with Crippen LogP contribution < -0.4 is 5.73 Å². The Labute approximate surface area is 102 Å². The smallest absolute Gasteiger partial charge is 0.191 e. The van der Waals surface area contributed by atoms with Crippen LogP contribution in [0.2, 0.25) is 0 Å². The van der Waals surface area contributed by atoms with Crippen LogP contribution in [0.5, 0.6) is 0 Å². The Morgan fingerprint density at radius 2 is 2.19 bits per heavy atom. The normalized spacial score (nSPS) is 14.2. The van der Waals surface area contributed by atoms with E-state index in [0.29, 0.717) is 12.0 Å². The van der Waals surface area contributed by atoms with Crippen molar-refractivity contribution in [3.63, 3.8) is 0 Å². The van der Waals surface area contributed by atoms with Crippen LogP contribution in [0, 0.1) is 0 Å². The van der Waals surface area contributed by atoms with Crippen LogP contribution in [0.15, 0.2) is 22.5 Å². The van der Waals surface area contributed by atoms with E-state index in [2.05, 4.69) is 29.4 Å². The van der Waals surface area contributed by atoms with Crippen molar-refractivity contribution >= 4 is 17.3 Å². The van der Waals surface area contributed by atoms with E-state index in [1.54, 1.807) is 11.3 Å². The van der Waals surface area contributed by atoms with Gasteiger partial charge in [0, 0.05) is 30.4 Å². The van der Waals surface area contributed by atoms with Gasteiger partial charge in [0.05, 0.1) is 0 Å². The average Bonchev–Trinajstić information content (AvgIpc) is 2.68. The fourth-order valence-corrected chi connectivity index (χ4v) is 2.26. The summed E-state index contributed by atoms with van der Waals surface area (Å²) in [6.45, 7) is 6.23. The van der Waals surface area contributed by atoms with Gasteiger partial charge in [-0.25, -0.2) is 0 Å². The molecule has 90 valence electrons. The lowest BCUT2D eigenvalue weighted by Gasteiger charge is -2.26. The monoisotopic (exact) mass is 239 g/mol. The van der Waals surface area contributed by atoms with Crippen molar-refractivity contribution in [3.8, 4) is 0 Å². The number of thiophene rings is 1. The van der Waals surface area contributed by atoms with Crippen molar-refractivity contribution in [2.24, 2.45) is 10.7 Å². The first-order valence-electron chi connectivity index (χ1n) is 5.59. The third kappa shape index (κ3) is 3.85. The zero-order valence-corrected chi connectivity index (χ0v) is 11.3. The summed E-state index contributed by atoms with van der Waals surface area (Å²) < 4.78 is 0. The van der Waals surface area contributed by atoms with Crippen molar-refractivity contribution in [3.05, 3.63) is 22.4 Å². The van der Waals surface area contributed by atoms with Crippen LogP contribution in [0.4, 0.5) is 0 Å². The molecule has 2 N–H and O–H groups in total. The maximum absolute atomic E-state index is 5.93. The number of nitrogens with zero attached hydrogens (tertiary/aromatic N) is 2. The predicted molar refractivity (Wildman–Crippen MR) is 72.0 cm³/mol. The van der Waals surface area contributed by atoms with Crippen molar-refractivity contribution in [1.29, 1.82) is 0 Å². The van der Waals surface area contributed by atoms with E-state index >= 15 is 0 Å². The molecule has 0 aliphatic rings. The van der Waals surface area contributed by atoms with Crippen LogP contribution >= 0.6 is 11.3 Å². The molecule has 0 aliphatic carbocycles. The number of nitrogens with two attached hydrogens (primary N) is 1.